The number of hydrogen-bond donors (Lipinski definition) is 2. The minimum Gasteiger partial charge on any atom is -0.373 e. The third kappa shape index (κ3) is 3.73. The van der Waals surface area contributed by atoms with Crippen molar-refractivity contribution < 1.29 is 23.1 Å². The van der Waals surface area contributed by atoms with Crippen molar-refractivity contribution in [1.29, 1.82) is 0 Å². The van der Waals surface area contributed by atoms with Gasteiger partial charge >= 0.3 is 6.18 Å². The lowest BCUT2D eigenvalue weighted by molar-refractivity contribution is -0.251. The summed E-state index contributed by atoms with van der Waals surface area (Å²) in [6, 6.07) is 7.95. The van der Waals surface area contributed by atoms with Crippen LogP contribution in [0.4, 0.5) is 13.2 Å². The van der Waals surface area contributed by atoms with E-state index in [1.54, 1.807) is 0 Å². The van der Waals surface area contributed by atoms with E-state index in [2.05, 4.69) is 10.2 Å². The zero-order valence-corrected chi connectivity index (χ0v) is 17.8. The molecule has 1 saturated carbocycles. The van der Waals surface area contributed by atoms with Gasteiger partial charge < -0.3 is 10.0 Å². The zero-order valence-electron chi connectivity index (χ0n) is 17.8. The molecule has 0 spiro atoms. The molecular formula is C22H27F3N4O2. The van der Waals surface area contributed by atoms with Crippen molar-refractivity contribution in [2.45, 2.75) is 57.2 Å². The Morgan fingerprint density at radius 1 is 1.26 bits per heavy atom. The van der Waals surface area contributed by atoms with E-state index in [4.69, 9.17) is 4.98 Å². The lowest BCUT2D eigenvalue weighted by Gasteiger charge is -2.42. The average Bonchev–Trinajstić information content (AvgIpc) is 3.35. The van der Waals surface area contributed by atoms with Gasteiger partial charge in [0.25, 0.3) is 5.91 Å². The van der Waals surface area contributed by atoms with Gasteiger partial charge in [-0.15, -0.1) is 0 Å². The minimum atomic E-state index is -5.01. The number of nitrogens with zero attached hydrogens (tertiary/aromatic N) is 3. The molecule has 1 saturated heterocycles. The van der Waals surface area contributed by atoms with Crippen molar-refractivity contribution in [3.05, 3.63) is 35.7 Å². The lowest BCUT2D eigenvalue weighted by Crippen LogP contribution is -2.59. The molecule has 1 amide bonds. The first-order valence-corrected chi connectivity index (χ1v) is 10.5. The van der Waals surface area contributed by atoms with Crippen LogP contribution in [0, 0.1) is 18.8 Å². The molecule has 2 fully saturated rings. The van der Waals surface area contributed by atoms with E-state index in [0.29, 0.717) is 19.2 Å². The Morgan fingerprint density at radius 3 is 2.45 bits per heavy atom. The molecule has 2 aliphatic rings. The van der Waals surface area contributed by atoms with Gasteiger partial charge in [0.2, 0.25) is 5.60 Å². The van der Waals surface area contributed by atoms with Crippen molar-refractivity contribution in [2.24, 2.45) is 11.8 Å². The molecule has 9 heteroatoms. The summed E-state index contributed by atoms with van der Waals surface area (Å²) >= 11 is 0. The number of hydrogen-bond acceptors (Lipinski definition) is 4. The van der Waals surface area contributed by atoms with Crippen molar-refractivity contribution in [1.82, 2.24) is 20.1 Å². The van der Waals surface area contributed by atoms with Gasteiger partial charge in [0.05, 0.1) is 0 Å². The van der Waals surface area contributed by atoms with Crippen molar-refractivity contribution in [3.8, 4) is 11.4 Å². The first-order chi connectivity index (χ1) is 14.5. The number of H-pyrrole nitrogens is 1. The average molecular weight is 436 g/mol. The van der Waals surface area contributed by atoms with E-state index in [0.717, 1.165) is 34.7 Å². The quantitative estimate of drug-likeness (QED) is 0.767. The van der Waals surface area contributed by atoms with Crippen LogP contribution in [-0.2, 0) is 10.2 Å². The van der Waals surface area contributed by atoms with Crippen molar-refractivity contribution >= 4 is 5.91 Å². The number of rotatable bonds is 4. The number of carbonyl (C=O) groups is 1. The Balaban J connectivity index is 1.49. The summed E-state index contributed by atoms with van der Waals surface area (Å²) in [5, 5.41) is 17.2. The topological polar surface area (TPSA) is 82.1 Å². The summed E-state index contributed by atoms with van der Waals surface area (Å²) < 4.78 is 39.2. The number of halogens is 3. The van der Waals surface area contributed by atoms with E-state index < -0.39 is 17.7 Å². The largest absolute Gasteiger partial charge is 0.426 e. The maximum absolute atomic E-state index is 13.1. The summed E-state index contributed by atoms with van der Waals surface area (Å²) in [6.07, 6.45) is -2.59. The first-order valence-electron chi connectivity index (χ1n) is 10.5. The molecule has 0 radical (unpaired) electrons. The molecule has 0 unspecified atom stereocenters. The number of aromatic nitrogens is 3. The minimum absolute atomic E-state index is 0.0304. The molecular weight excluding hydrogens is 409 g/mol. The number of alkyl halides is 3. The van der Waals surface area contributed by atoms with Crippen LogP contribution in [0.2, 0.25) is 0 Å². The zero-order chi connectivity index (χ0) is 22.6. The fourth-order valence-electron chi connectivity index (χ4n) is 4.81. The second kappa shape index (κ2) is 7.32. The molecule has 1 aromatic heterocycles. The molecule has 2 N–H and O–H groups in total. The molecule has 1 aromatic carbocycles. The molecule has 31 heavy (non-hydrogen) atoms. The maximum atomic E-state index is 13.1. The molecule has 2 aromatic rings. The summed E-state index contributed by atoms with van der Waals surface area (Å²) in [7, 11) is 0. The van der Waals surface area contributed by atoms with E-state index in [-0.39, 0.29) is 30.3 Å². The van der Waals surface area contributed by atoms with Gasteiger partial charge in [0.15, 0.2) is 5.82 Å². The van der Waals surface area contributed by atoms with Crippen LogP contribution in [0.1, 0.15) is 44.5 Å². The van der Waals surface area contributed by atoms with Crippen LogP contribution in [-0.4, -0.2) is 56.0 Å². The number of aliphatic hydroxyl groups is 1. The molecule has 3 atom stereocenters. The predicted octanol–water partition coefficient (Wildman–Crippen LogP) is 3.61. The normalized spacial score (nSPS) is 25.2. The Hall–Kier alpha value is -2.42. The van der Waals surface area contributed by atoms with Gasteiger partial charge in [0, 0.05) is 24.1 Å². The van der Waals surface area contributed by atoms with Gasteiger partial charge in [-0.2, -0.15) is 18.3 Å². The Bertz CT molecular complexity index is 964. The van der Waals surface area contributed by atoms with E-state index in [1.165, 1.54) is 0 Å². The standard InChI is InChI=1S/C22H27F3N4O2/c1-13-4-6-15(7-5-13)17-26-18(28-27-17)21(9-10-21)16-8-11-29(12-14(16)2)19(30)20(3,31)22(23,24)25/h4-7,14,16,31H,8-12H2,1-3H3,(H,26,27,28)/t14-,16+,20-/m1/s1. The summed E-state index contributed by atoms with van der Waals surface area (Å²) in [5.74, 6) is 0.296. The van der Waals surface area contributed by atoms with E-state index in [1.807, 2.05) is 38.1 Å². The third-order valence-electron chi connectivity index (χ3n) is 6.93. The first kappa shape index (κ1) is 21.8. The SMILES string of the molecule is Cc1ccc(-c2n[nH]c(C3([C@H]4CCN(C(=O)[C@@](C)(O)C(F)(F)F)C[C@H]4C)CC3)n2)cc1. The van der Waals surface area contributed by atoms with Gasteiger partial charge in [-0.05, 0) is 44.9 Å². The monoisotopic (exact) mass is 436 g/mol. The second-order valence-electron chi connectivity index (χ2n) is 9.22. The van der Waals surface area contributed by atoms with Gasteiger partial charge in [-0.1, -0.05) is 36.8 Å². The number of aryl methyl sites for hydroxylation is 1. The summed E-state index contributed by atoms with van der Waals surface area (Å²) in [4.78, 5) is 18.3. The number of aromatic amines is 1. The highest BCUT2D eigenvalue weighted by atomic mass is 19.4. The number of amides is 1. The van der Waals surface area contributed by atoms with Crippen molar-refractivity contribution in [2.75, 3.05) is 13.1 Å². The van der Waals surface area contributed by atoms with Crippen LogP contribution >= 0.6 is 0 Å². The van der Waals surface area contributed by atoms with Gasteiger partial charge in [-0.25, -0.2) is 4.98 Å². The number of likely N-dealkylation sites (tertiary alicyclic amines) is 1. The molecule has 168 valence electrons. The van der Waals surface area contributed by atoms with Crippen LogP contribution in [0.25, 0.3) is 11.4 Å². The second-order valence-corrected chi connectivity index (χ2v) is 9.22. The molecule has 1 aliphatic carbocycles. The Kier molecular flexibility index (Phi) is 5.15. The van der Waals surface area contributed by atoms with Gasteiger partial charge in [-0.3, -0.25) is 9.89 Å². The van der Waals surface area contributed by atoms with Crippen LogP contribution in [0.5, 0.6) is 0 Å². The molecule has 1 aliphatic heterocycles. The predicted molar refractivity (Wildman–Crippen MR) is 108 cm³/mol. The fraction of sp³-hybridized carbons (Fsp3) is 0.591. The van der Waals surface area contributed by atoms with E-state index in [9.17, 15) is 23.1 Å². The van der Waals surface area contributed by atoms with Crippen LogP contribution < -0.4 is 0 Å². The lowest BCUT2D eigenvalue weighted by atomic mass is 9.74. The number of carbonyl (C=O) groups excluding carboxylic acids is 1. The van der Waals surface area contributed by atoms with E-state index >= 15 is 0 Å². The summed E-state index contributed by atoms with van der Waals surface area (Å²) in [6.45, 7) is 4.84. The Morgan fingerprint density at radius 2 is 1.90 bits per heavy atom. The van der Waals surface area contributed by atoms with Crippen molar-refractivity contribution in [3.63, 3.8) is 0 Å². The van der Waals surface area contributed by atoms with Gasteiger partial charge in [0.1, 0.15) is 5.82 Å². The molecule has 2 heterocycles. The summed E-state index contributed by atoms with van der Waals surface area (Å²) in [5.41, 5.74) is -1.48. The molecule has 4 rings (SSSR count). The number of nitrogens with one attached hydrogen (secondary N) is 1. The number of benzene rings is 1. The fourth-order valence-corrected chi connectivity index (χ4v) is 4.81. The number of piperidine rings is 1. The molecule has 0 bridgehead atoms. The highest BCUT2D eigenvalue weighted by Gasteiger charge is 2.59. The maximum Gasteiger partial charge on any atom is 0.426 e. The Labute approximate surface area is 178 Å². The highest BCUT2D eigenvalue weighted by molar-refractivity contribution is 5.85. The highest BCUT2D eigenvalue weighted by Crippen LogP contribution is 2.57. The van der Waals surface area contributed by atoms with Crippen LogP contribution in [0.15, 0.2) is 24.3 Å². The third-order valence-corrected chi connectivity index (χ3v) is 6.93. The molecule has 6 nitrogen and oxygen atoms in total. The smallest absolute Gasteiger partial charge is 0.373 e. The van der Waals surface area contributed by atoms with Crippen LogP contribution in [0.3, 0.4) is 0 Å².